The highest BCUT2D eigenvalue weighted by molar-refractivity contribution is 9.10. The lowest BCUT2D eigenvalue weighted by Gasteiger charge is -2.01. The van der Waals surface area contributed by atoms with Crippen LogP contribution in [0.15, 0.2) is 45.0 Å². The molecule has 0 unspecified atom stereocenters. The average molecular weight is 413 g/mol. The molecule has 23 heavy (non-hydrogen) atoms. The quantitative estimate of drug-likeness (QED) is 0.571. The van der Waals surface area contributed by atoms with Gasteiger partial charge in [0, 0.05) is 20.6 Å². The van der Waals surface area contributed by atoms with Gasteiger partial charge in [-0.1, -0.05) is 39.1 Å². The van der Waals surface area contributed by atoms with Crippen LogP contribution in [0.1, 0.15) is 11.1 Å². The monoisotopic (exact) mass is 411 g/mol. The first kappa shape index (κ1) is 16.0. The first-order valence-corrected chi connectivity index (χ1v) is 7.91. The van der Waals surface area contributed by atoms with Gasteiger partial charge in [-0.25, -0.2) is 0 Å². The highest BCUT2D eigenvalue weighted by Crippen LogP contribution is 2.34. The van der Waals surface area contributed by atoms with E-state index in [-0.39, 0.29) is 11.5 Å². The summed E-state index contributed by atoms with van der Waals surface area (Å²) in [4.78, 5) is 12.0. The Morgan fingerprint density at radius 3 is 2.78 bits per heavy atom. The van der Waals surface area contributed by atoms with Gasteiger partial charge in [0.2, 0.25) is 0 Å². The molecule has 3 rings (SSSR count). The van der Waals surface area contributed by atoms with Crippen molar-refractivity contribution in [1.82, 2.24) is 0 Å². The molecule has 0 saturated heterocycles. The third-order valence-electron chi connectivity index (χ3n) is 3.11. The number of anilines is 1. The van der Waals surface area contributed by atoms with Crippen LogP contribution in [0.25, 0.3) is 0 Å². The van der Waals surface area contributed by atoms with E-state index < -0.39 is 5.91 Å². The number of fused-ring (bicyclic) bond motifs is 1. The number of carbonyl (C=O) groups is 1. The topological polar surface area (TPSA) is 74.0 Å². The van der Waals surface area contributed by atoms with Crippen LogP contribution < -0.4 is 5.32 Å². The third-order valence-corrected chi connectivity index (χ3v) is 4.12. The van der Waals surface area contributed by atoms with Crippen molar-refractivity contribution in [3.63, 3.8) is 0 Å². The van der Waals surface area contributed by atoms with Crippen molar-refractivity contribution < 1.29 is 9.90 Å². The van der Waals surface area contributed by atoms with E-state index in [0.717, 1.165) is 4.47 Å². The van der Waals surface area contributed by atoms with E-state index >= 15 is 0 Å². The second-order valence-corrected chi connectivity index (χ2v) is 6.42. The van der Waals surface area contributed by atoms with Gasteiger partial charge in [-0.05, 0) is 30.3 Å². The Morgan fingerprint density at radius 1 is 1.22 bits per heavy atom. The maximum Gasteiger partial charge on any atom is 0.276 e. The SMILES string of the molecule is O=C1Nc2c(Cl)cc(Cl)cc2/C1=N/N=C/c1cc(Br)ccc1O. The van der Waals surface area contributed by atoms with Crippen LogP contribution in [-0.4, -0.2) is 22.9 Å². The van der Waals surface area contributed by atoms with E-state index in [1.807, 2.05) is 0 Å². The number of phenolic OH excluding ortho intramolecular Hbond substituents is 1. The van der Waals surface area contributed by atoms with Gasteiger partial charge < -0.3 is 10.4 Å². The zero-order valence-corrected chi connectivity index (χ0v) is 14.4. The molecule has 0 aromatic heterocycles. The van der Waals surface area contributed by atoms with Crippen LogP contribution in [0.3, 0.4) is 0 Å². The molecule has 1 aliphatic rings. The van der Waals surface area contributed by atoms with Crippen molar-refractivity contribution >= 4 is 62.7 Å². The molecule has 1 aliphatic heterocycles. The summed E-state index contributed by atoms with van der Waals surface area (Å²) in [5, 5.41) is 20.9. The van der Waals surface area contributed by atoms with Crippen molar-refractivity contribution in [2.24, 2.45) is 10.2 Å². The molecule has 0 spiro atoms. The summed E-state index contributed by atoms with van der Waals surface area (Å²) in [6.45, 7) is 0. The maximum atomic E-state index is 12.0. The summed E-state index contributed by atoms with van der Waals surface area (Å²) in [6.07, 6.45) is 1.35. The minimum absolute atomic E-state index is 0.0551. The number of halogens is 3. The fraction of sp³-hybridized carbons (Fsp3) is 0. The standard InChI is InChI=1S/C15H8BrCl2N3O2/c16-8-1-2-12(22)7(3-8)6-19-21-14-10-4-9(17)5-11(18)13(10)20-15(14)23/h1-6,22H,(H,20,21,23)/b19-6+. The van der Waals surface area contributed by atoms with Crippen LogP contribution in [0.5, 0.6) is 5.75 Å². The molecule has 0 saturated carbocycles. The normalized spacial score (nSPS) is 15.3. The molecule has 116 valence electrons. The van der Waals surface area contributed by atoms with Crippen molar-refractivity contribution in [2.45, 2.75) is 0 Å². The summed E-state index contributed by atoms with van der Waals surface area (Å²) in [7, 11) is 0. The maximum absolute atomic E-state index is 12.0. The van der Waals surface area contributed by atoms with Crippen LogP contribution in [-0.2, 0) is 4.79 Å². The molecule has 2 aromatic rings. The van der Waals surface area contributed by atoms with Crippen LogP contribution in [0.2, 0.25) is 10.0 Å². The average Bonchev–Trinajstić information content (AvgIpc) is 2.80. The number of aromatic hydroxyl groups is 1. The van der Waals surface area contributed by atoms with Gasteiger partial charge in [0.05, 0.1) is 16.9 Å². The number of carbonyl (C=O) groups excluding carboxylic acids is 1. The molecule has 5 nitrogen and oxygen atoms in total. The highest BCUT2D eigenvalue weighted by Gasteiger charge is 2.28. The Morgan fingerprint density at radius 2 is 2.00 bits per heavy atom. The third kappa shape index (κ3) is 3.24. The van der Waals surface area contributed by atoms with E-state index in [2.05, 4.69) is 31.4 Å². The second-order valence-electron chi connectivity index (χ2n) is 4.66. The summed E-state index contributed by atoms with van der Waals surface area (Å²) in [6, 6.07) is 8.02. The van der Waals surface area contributed by atoms with Crippen LogP contribution in [0.4, 0.5) is 5.69 Å². The fourth-order valence-corrected chi connectivity index (χ4v) is 2.98. The molecule has 0 radical (unpaired) electrons. The number of nitrogens with one attached hydrogen (secondary N) is 1. The summed E-state index contributed by atoms with van der Waals surface area (Å²) < 4.78 is 0.784. The minimum Gasteiger partial charge on any atom is -0.507 e. The number of phenols is 1. The molecule has 0 bridgehead atoms. The highest BCUT2D eigenvalue weighted by atomic mass is 79.9. The summed E-state index contributed by atoms with van der Waals surface area (Å²) in [5.74, 6) is -0.362. The van der Waals surface area contributed by atoms with E-state index in [1.165, 1.54) is 18.3 Å². The lowest BCUT2D eigenvalue weighted by Crippen LogP contribution is -2.13. The Kier molecular flexibility index (Phi) is 4.39. The van der Waals surface area contributed by atoms with Crippen molar-refractivity contribution in [3.05, 3.63) is 56.0 Å². The van der Waals surface area contributed by atoms with Gasteiger partial charge in [0.15, 0.2) is 5.71 Å². The molecular weight excluding hydrogens is 405 g/mol. The molecule has 0 aliphatic carbocycles. The number of hydrogen-bond acceptors (Lipinski definition) is 4. The number of benzene rings is 2. The molecule has 2 aromatic carbocycles. The van der Waals surface area contributed by atoms with E-state index in [0.29, 0.717) is 26.9 Å². The number of nitrogens with zero attached hydrogens (tertiary/aromatic N) is 2. The van der Waals surface area contributed by atoms with Crippen LogP contribution >= 0.6 is 39.1 Å². The lowest BCUT2D eigenvalue weighted by atomic mass is 10.1. The van der Waals surface area contributed by atoms with Crippen molar-refractivity contribution in [1.29, 1.82) is 0 Å². The van der Waals surface area contributed by atoms with Gasteiger partial charge in [-0.15, -0.1) is 5.10 Å². The van der Waals surface area contributed by atoms with Gasteiger partial charge in [-0.3, -0.25) is 4.79 Å². The van der Waals surface area contributed by atoms with E-state index in [4.69, 9.17) is 23.2 Å². The first-order valence-electron chi connectivity index (χ1n) is 6.36. The van der Waals surface area contributed by atoms with Gasteiger partial charge in [0.25, 0.3) is 5.91 Å². The fourth-order valence-electron chi connectivity index (χ4n) is 2.06. The predicted molar refractivity (Wildman–Crippen MR) is 95.0 cm³/mol. The number of rotatable bonds is 2. The Bertz CT molecular complexity index is 881. The van der Waals surface area contributed by atoms with Gasteiger partial charge >= 0.3 is 0 Å². The largest absolute Gasteiger partial charge is 0.507 e. The molecule has 0 fully saturated rings. The smallest absolute Gasteiger partial charge is 0.276 e. The summed E-state index contributed by atoms with van der Waals surface area (Å²) >= 11 is 15.3. The Labute approximate surface area is 149 Å². The van der Waals surface area contributed by atoms with Gasteiger partial charge in [0.1, 0.15) is 5.75 Å². The van der Waals surface area contributed by atoms with Crippen molar-refractivity contribution in [2.75, 3.05) is 5.32 Å². The zero-order valence-electron chi connectivity index (χ0n) is 11.3. The van der Waals surface area contributed by atoms with E-state index in [9.17, 15) is 9.90 Å². The Hall–Kier alpha value is -1.89. The first-order chi connectivity index (χ1) is 11.0. The summed E-state index contributed by atoms with van der Waals surface area (Å²) in [5.41, 5.74) is 1.52. The number of hydrogen-bond donors (Lipinski definition) is 2. The lowest BCUT2D eigenvalue weighted by molar-refractivity contribution is -0.110. The zero-order chi connectivity index (χ0) is 16.6. The van der Waals surface area contributed by atoms with E-state index in [1.54, 1.807) is 18.2 Å². The van der Waals surface area contributed by atoms with Crippen molar-refractivity contribution in [3.8, 4) is 5.75 Å². The molecule has 1 heterocycles. The second kappa shape index (κ2) is 6.31. The molecule has 8 heteroatoms. The molecular formula is C15H8BrCl2N3O2. The van der Waals surface area contributed by atoms with Gasteiger partial charge in [-0.2, -0.15) is 5.10 Å². The molecule has 1 amide bonds. The number of amides is 1. The minimum atomic E-state index is -0.417. The molecule has 2 N–H and O–H groups in total. The Balaban J connectivity index is 1.97. The van der Waals surface area contributed by atoms with Crippen LogP contribution in [0, 0.1) is 0 Å². The predicted octanol–water partition coefficient (Wildman–Crippen LogP) is 4.24. The molecule has 0 atom stereocenters.